The van der Waals surface area contributed by atoms with Crippen molar-refractivity contribution in [1.29, 1.82) is 0 Å². The van der Waals surface area contributed by atoms with E-state index in [1.54, 1.807) is 12.1 Å². The van der Waals surface area contributed by atoms with E-state index < -0.39 is 0 Å². The number of amides is 1. The molecule has 21 heavy (non-hydrogen) atoms. The molecule has 4 nitrogen and oxygen atoms in total. The second-order valence-electron chi connectivity index (χ2n) is 5.62. The number of hydrogen-bond donors (Lipinski definition) is 1. The minimum Gasteiger partial charge on any atom is -0.399 e. The number of morpholine rings is 1. The van der Waals surface area contributed by atoms with Gasteiger partial charge < -0.3 is 15.4 Å². The molecule has 6 heteroatoms. The zero-order chi connectivity index (χ0) is 15.0. The molecule has 1 heterocycles. The van der Waals surface area contributed by atoms with E-state index in [0.717, 1.165) is 25.7 Å². The maximum absolute atomic E-state index is 12.9. The molecule has 2 N–H and O–H groups in total. The van der Waals surface area contributed by atoms with Crippen molar-refractivity contribution in [3.8, 4) is 0 Å². The summed E-state index contributed by atoms with van der Waals surface area (Å²) in [5.74, 6) is -0.102. The molecule has 2 atom stereocenters. The maximum Gasteiger partial charge on any atom is 0.255 e. The second kappa shape index (κ2) is 6.03. The summed E-state index contributed by atoms with van der Waals surface area (Å²) < 4.78 is 5.80. The molecule has 0 bridgehead atoms. The largest absolute Gasteiger partial charge is 0.399 e. The normalized spacial score (nSPS) is 25.5. The van der Waals surface area contributed by atoms with Crippen molar-refractivity contribution in [2.24, 2.45) is 0 Å². The van der Waals surface area contributed by atoms with Gasteiger partial charge in [0, 0.05) is 12.2 Å². The van der Waals surface area contributed by atoms with Crippen molar-refractivity contribution >= 4 is 34.8 Å². The first-order valence-electron chi connectivity index (χ1n) is 7.25. The fourth-order valence-corrected chi connectivity index (χ4v) is 3.69. The minimum absolute atomic E-state index is 0.102. The molecule has 2 unspecified atom stereocenters. The predicted molar refractivity (Wildman–Crippen MR) is 83.9 cm³/mol. The van der Waals surface area contributed by atoms with Crippen LogP contribution < -0.4 is 5.73 Å². The molecule has 1 aromatic rings. The van der Waals surface area contributed by atoms with E-state index in [0.29, 0.717) is 29.4 Å². The summed E-state index contributed by atoms with van der Waals surface area (Å²) in [6.07, 6.45) is 4.42. The SMILES string of the molecule is Nc1cc(Cl)c(Cl)c(C(=O)N2CCOC3CCCCC32)c1. The molecule has 3 rings (SSSR count). The van der Waals surface area contributed by atoms with Gasteiger partial charge in [0.1, 0.15) is 0 Å². The number of nitrogens with zero attached hydrogens (tertiary/aromatic N) is 1. The van der Waals surface area contributed by atoms with Crippen LogP contribution in [0.5, 0.6) is 0 Å². The number of hydrogen-bond acceptors (Lipinski definition) is 3. The van der Waals surface area contributed by atoms with Gasteiger partial charge in [-0.2, -0.15) is 0 Å². The van der Waals surface area contributed by atoms with Crippen molar-refractivity contribution in [2.75, 3.05) is 18.9 Å². The third-order valence-corrected chi connectivity index (χ3v) is 5.08. The summed E-state index contributed by atoms with van der Waals surface area (Å²) in [6.45, 7) is 1.16. The Balaban J connectivity index is 1.90. The van der Waals surface area contributed by atoms with Gasteiger partial charge in [0.15, 0.2) is 0 Å². The number of benzene rings is 1. The lowest BCUT2D eigenvalue weighted by atomic mass is 9.89. The van der Waals surface area contributed by atoms with Gasteiger partial charge in [-0.3, -0.25) is 4.79 Å². The van der Waals surface area contributed by atoms with Crippen molar-refractivity contribution in [1.82, 2.24) is 4.90 Å². The summed E-state index contributed by atoms with van der Waals surface area (Å²) in [7, 11) is 0. The van der Waals surface area contributed by atoms with Crippen LogP contribution >= 0.6 is 23.2 Å². The Hall–Kier alpha value is -0.970. The fraction of sp³-hybridized carbons (Fsp3) is 0.533. The number of carbonyl (C=O) groups excluding carboxylic acids is 1. The summed E-state index contributed by atoms with van der Waals surface area (Å²) in [5, 5.41) is 0.586. The van der Waals surface area contributed by atoms with Crippen LogP contribution in [0.4, 0.5) is 5.69 Å². The van der Waals surface area contributed by atoms with Gasteiger partial charge in [-0.25, -0.2) is 0 Å². The summed E-state index contributed by atoms with van der Waals surface area (Å²) in [5.41, 5.74) is 6.62. The summed E-state index contributed by atoms with van der Waals surface area (Å²) >= 11 is 12.2. The van der Waals surface area contributed by atoms with Crippen LogP contribution in [0.1, 0.15) is 36.0 Å². The summed E-state index contributed by atoms with van der Waals surface area (Å²) in [6, 6.07) is 3.30. The number of fused-ring (bicyclic) bond motifs is 1. The first-order valence-corrected chi connectivity index (χ1v) is 8.00. The van der Waals surface area contributed by atoms with E-state index in [4.69, 9.17) is 33.7 Å². The third kappa shape index (κ3) is 2.85. The van der Waals surface area contributed by atoms with Gasteiger partial charge in [0.05, 0.1) is 34.4 Å². The average Bonchev–Trinajstić information content (AvgIpc) is 2.49. The number of carbonyl (C=O) groups is 1. The van der Waals surface area contributed by atoms with Crippen molar-refractivity contribution in [2.45, 2.75) is 37.8 Å². The number of nitrogens with two attached hydrogens (primary N) is 1. The molecule has 1 saturated heterocycles. The predicted octanol–water partition coefficient (Wildman–Crippen LogP) is 3.36. The van der Waals surface area contributed by atoms with E-state index in [-0.39, 0.29) is 23.1 Å². The Bertz CT molecular complexity index is 563. The van der Waals surface area contributed by atoms with Gasteiger partial charge in [-0.1, -0.05) is 36.0 Å². The maximum atomic E-state index is 12.9. The first kappa shape index (κ1) is 14.9. The van der Waals surface area contributed by atoms with Crippen molar-refractivity contribution < 1.29 is 9.53 Å². The monoisotopic (exact) mass is 328 g/mol. The molecule has 1 aliphatic carbocycles. The van der Waals surface area contributed by atoms with Crippen LogP contribution in [-0.2, 0) is 4.74 Å². The fourth-order valence-electron chi connectivity index (χ4n) is 3.27. The van der Waals surface area contributed by atoms with Crippen LogP contribution in [0.25, 0.3) is 0 Å². The van der Waals surface area contributed by atoms with E-state index in [1.807, 2.05) is 4.90 Å². The smallest absolute Gasteiger partial charge is 0.255 e. The molecule has 1 aliphatic heterocycles. The lowest BCUT2D eigenvalue weighted by molar-refractivity contribution is -0.0752. The molecule has 2 aliphatic rings. The lowest BCUT2D eigenvalue weighted by Crippen LogP contribution is -2.54. The highest BCUT2D eigenvalue weighted by molar-refractivity contribution is 6.44. The third-order valence-electron chi connectivity index (χ3n) is 4.27. The average molecular weight is 329 g/mol. The number of ether oxygens (including phenoxy) is 1. The van der Waals surface area contributed by atoms with Crippen LogP contribution in [0, 0.1) is 0 Å². The Morgan fingerprint density at radius 2 is 2.05 bits per heavy atom. The Morgan fingerprint density at radius 1 is 1.29 bits per heavy atom. The van der Waals surface area contributed by atoms with Gasteiger partial charge in [0.25, 0.3) is 5.91 Å². The van der Waals surface area contributed by atoms with Crippen molar-refractivity contribution in [3.63, 3.8) is 0 Å². The van der Waals surface area contributed by atoms with Crippen LogP contribution in [0.2, 0.25) is 10.0 Å². The lowest BCUT2D eigenvalue weighted by Gasteiger charge is -2.43. The molecular formula is C15H18Cl2N2O2. The molecule has 1 saturated carbocycles. The number of anilines is 1. The standard InChI is InChI=1S/C15H18Cl2N2O2/c16-11-8-9(18)7-10(14(11)17)15(20)19-5-6-21-13-4-2-1-3-12(13)19/h7-8,12-13H,1-6,18H2. The van der Waals surface area contributed by atoms with E-state index in [1.165, 1.54) is 0 Å². The highest BCUT2D eigenvalue weighted by atomic mass is 35.5. The number of nitrogen functional groups attached to an aromatic ring is 1. The number of rotatable bonds is 1. The van der Waals surface area contributed by atoms with E-state index in [9.17, 15) is 4.79 Å². The first-order chi connectivity index (χ1) is 10.1. The van der Waals surface area contributed by atoms with E-state index in [2.05, 4.69) is 0 Å². The van der Waals surface area contributed by atoms with Gasteiger partial charge >= 0.3 is 0 Å². The zero-order valence-electron chi connectivity index (χ0n) is 11.6. The minimum atomic E-state index is -0.102. The zero-order valence-corrected chi connectivity index (χ0v) is 13.2. The Labute approximate surface area is 134 Å². The highest BCUT2D eigenvalue weighted by Crippen LogP contribution is 2.33. The van der Waals surface area contributed by atoms with E-state index >= 15 is 0 Å². The molecule has 0 radical (unpaired) electrons. The second-order valence-corrected chi connectivity index (χ2v) is 6.41. The quantitative estimate of drug-likeness (QED) is 0.804. The van der Waals surface area contributed by atoms with Gasteiger partial charge in [-0.05, 0) is 25.0 Å². The molecule has 2 fully saturated rings. The number of halogens is 2. The van der Waals surface area contributed by atoms with Crippen LogP contribution in [-0.4, -0.2) is 36.1 Å². The van der Waals surface area contributed by atoms with Crippen molar-refractivity contribution in [3.05, 3.63) is 27.7 Å². The molecular weight excluding hydrogens is 311 g/mol. The molecule has 1 aromatic carbocycles. The van der Waals surface area contributed by atoms with Gasteiger partial charge in [0.2, 0.25) is 0 Å². The van der Waals surface area contributed by atoms with Crippen LogP contribution in [0.15, 0.2) is 12.1 Å². The molecule has 0 spiro atoms. The topological polar surface area (TPSA) is 55.6 Å². The van der Waals surface area contributed by atoms with Gasteiger partial charge in [-0.15, -0.1) is 0 Å². The molecule has 114 valence electrons. The summed E-state index contributed by atoms with van der Waals surface area (Å²) in [4.78, 5) is 14.7. The highest BCUT2D eigenvalue weighted by Gasteiger charge is 2.37. The molecule has 1 amide bonds. The Kier molecular flexibility index (Phi) is 4.29. The Morgan fingerprint density at radius 3 is 2.86 bits per heavy atom. The molecule has 0 aromatic heterocycles. The van der Waals surface area contributed by atoms with Crippen LogP contribution in [0.3, 0.4) is 0 Å².